The highest BCUT2D eigenvalue weighted by Gasteiger charge is 2.22. The second-order valence-electron chi connectivity index (χ2n) is 6.62. The van der Waals surface area contributed by atoms with Gasteiger partial charge in [-0.15, -0.1) is 11.8 Å². The first-order valence-corrected chi connectivity index (χ1v) is 8.82. The van der Waals surface area contributed by atoms with Crippen molar-refractivity contribution in [1.82, 2.24) is 0 Å². The van der Waals surface area contributed by atoms with Gasteiger partial charge in [-0.1, -0.05) is 20.4 Å². The molecular formula is C19H24FNOS. The minimum Gasteiger partial charge on any atom is -0.512 e. The molecule has 23 heavy (non-hydrogen) atoms. The van der Waals surface area contributed by atoms with E-state index in [9.17, 15) is 9.50 Å². The number of rotatable bonds is 6. The van der Waals surface area contributed by atoms with E-state index in [1.165, 1.54) is 17.7 Å². The minimum atomic E-state index is -0.263. The third-order valence-electron chi connectivity index (χ3n) is 4.24. The predicted molar refractivity (Wildman–Crippen MR) is 97.5 cm³/mol. The third-order valence-corrected chi connectivity index (χ3v) is 5.42. The zero-order valence-corrected chi connectivity index (χ0v) is 14.8. The standard InChI is InChI=1S/C19H24FNOS/c1-13-12-23-18(15-7-9-16(20)10-8-15)21-17(13)6-5-11-19(3,4)14(2)22/h7-10,22H,2,5-6,11-12H2,1,3-4H3. The number of hydrogen-bond acceptors (Lipinski definition) is 3. The molecule has 0 radical (unpaired) electrons. The van der Waals surface area contributed by atoms with Crippen molar-refractivity contribution in [3.63, 3.8) is 0 Å². The number of aliphatic hydroxyl groups excluding tert-OH is 1. The fourth-order valence-corrected chi connectivity index (χ4v) is 3.36. The number of aliphatic hydroxyl groups is 1. The quantitative estimate of drug-likeness (QED) is 0.661. The van der Waals surface area contributed by atoms with Crippen molar-refractivity contribution < 1.29 is 9.50 Å². The largest absolute Gasteiger partial charge is 0.512 e. The van der Waals surface area contributed by atoms with Crippen LogP contribution < -0.4 is 0 Å². The minimum absolute atomic E-state index is 0.228. The predicted octanol–water partition coefficient (Wildman–Crippen LogP) is 5.86. The van der Waals surface area contributed by atoms with E-state index in [2.05, 4.69) is 13.5 Å². The summed E-state index contributed by atoms with van der Waals surface area (Å²) in [6, 6.07) is 6.49. The Hall–Kier alpha value is -1.55. The Labute approximate surface area is 142 Å². The van der Waals surface area contributed by atoms with Crippen LogP contribution in [-0.2, 0) is 0 Å². The summed E-state index contributed by atoms with van der Waals surface area (Å²) in [5.74, 6) is 0.924. The van der Waals surface area contributed by atoms with Crippen LogP contribution in [0.4, 0.5) is 4.39 Å². The van der Waals surface area contributed by atoms with Gasteiger partial charge in [0, 0.05) is 22.4 Å². The van der Waals surface area contributed by atoms with Gasteiger partial charge in [0.15, 0.2) is 0 Å². The maximum absolute atomic E-state index is 13.1. The topological polar surface area (TPSA) is 32.6 Å². The van der Waals surface area contributed by atoms with E-state index in [4.69, 9.17) is 4.99 Å². The van der Waals surface area contributed by atoms with E-state index < -0.39 is 0 Å². The smallest absolute Gasteiger partial charge is 0.123 e. The van der Waals surface area contributed by atoms with Gasteiger partial charge < -0.3 is 5.11 Å². The van der Waals surface area contributed by atoms with Crippen molar-refractivity contribution in [2.75, 3.05) is 5.75 Å². The lowest BCUT2D eigenvalue weighted by molar-refractivity contribution is 0.242. The molecule has 0 saturated heterocycles. The monoisotopic (exact) mass is 333 g/mol. The summed E-state index contributed by atoms with van der Waals surface area (Å²) in [5, 5.41) is 10.6. The van der Waals surface area contributed by atoms with Gasteiger partial charge in [0.05, 0.1) is 5.76 Å². The van der Waals surface area contributed by atoms with Crippen LogP contribution >= 0.6 is 11.8 Å². The van der Waals surface area contributed by atoms with Crippen molar-refractivity contribution in [3.05, 3.63) is 59.3 Å². The van der Waals surface area contributed by atoms with Gasteiger partial charge in [-0.3, -0.25) is 0 Å². The fourth-order valence-electron chi connectivity index (χ4n) is 2.36. The van der Waals surface area contributed by atoms with Gasteiger partial charge in [-0.05, 0) is 56.0 Å². The third kappa shape index (κ3) is 4.71. The lowest BCUT2D eigenvalue weighted by atomic mass is 9.85. The molecule has 0 saturated carbocycles. The van der Waals surface area contributed by atoms with Crippen LogP contribution in [0.5, 0.6) is 0 Å². The molecule has 0 spiro atoms. The maximum atomic E-state index is 13.1. The van der Waals surface area contributed by atoms with Gasteiger partial charge in [-0.25, -0.2) is 9.38 Å². The molecule has 0 aliphatic carbocycles. The van der Waals surface area contributed by atoms with Gasteiger partial charge in [-0.2, -0.15) is 0 Å². The van der Waals surface area contributed by atoms with Gasteiger partial charge in [0.1, 0.15) is 10.9 Å². The molecule has 4 heteroatoms. The normalized spacial score (nSPS) is 15.6. The van der Waals surface area contributed by atoms with Crippen LogP contribution in [0, 0.1) is 11.2 Å². The summed E-state index contributed by atoms with van der Waals surface area (Å²) in [4.78, 5) is 4.78. The zero-order valence-electron chi connectivity index (χ0n) is 14.0. The molecule has 1 heterocycles. The Bertz CT molecular complexity index is 644. The average molecular weight is 333 g/mol. The van der Waals surface area contributed by atoms with Crippen LogP contribution in [0.25, 0.3) is 0 Å². The summed E-state index contributed by atoms with van der Waals surface area (Å²) in [6.45, 7) is 9.76. The molecule has 2 nitrogen and oxygen atoms in total. The number of hydrogen-bond donors (Lipinski definition) is 1. The summed E-state index contributed by atoms with van der Waals surface area (Å²) >= 11 is 1.69. The van der Waals surface area contributed by atoms with E-state index in [0.29, 0.717) is 0 Å². The van der Waals surface area contributed by atoms with Gasteiger partial charge >= 0.3 is 0 Å². The molecule has 0 atom stereocenters. The Balaban J connectivity index is 2.06. The number of aliphatic imine (C=N–C) groups is 1. The van der Waals surface area contributed by atoms with Crippen LogP contribution in [0.1, 0.15) is 45.6 Å². The van der Waals surface area contributed by atoms with E-state index in [0.717, 1.165) is 41.3 Å². The Morgan fingerprint density at radius 1 is 1.35 bits per heavy atom. The van der Waals surface area contributed by atoms with E-state index >= 15 is 0 Å². The summed E-state index contributed by atoms with van der Waals surface area (Å²) in [7, 11) is 0. The van der Waals surface area contributed by atoms with Crippen molar-refractivity contribution >= 4 is 16.8 Å². The van der Waals surface area contributed by atoms with Crippen LogP contribution in [0.15, 0.2) is 52.9 Å². The molecule has 1 aromatic carbocycles. The SMILES string of the molecule is C=C(O)C(C)(C)CCCC1=C(C)CSC(c2ccc(F)cc2)=N1. The number of benzene rings is 1. The molecule has 0 bridgehead atoms. The molecule has 1 aliphatic rings. The molecule has 0 unspecified atom stereocenters. The number of nitrogens with zero attached hydrogens (tertiary/aromatic N) is 1. The van der Waals surface area contributed by atoms with E-state index in [-0.39, 0.29) is 17.0 Å². The Morgan fingerprint density at radius 2 is 2.00 bits per heavy atom. The number of allylic oxidation sites excluding steroid dienone is 2. The highest BCUT2D eigenvalue weighted by molar-refractivity contribution is 8.14. The fraction of sp³-hybridized carbons (Fsp3) is 0.421. The summed E-state index contributed by atoms with van der Waals surface area (Å²) in [5.41, 5.74) is 3.11. The lowest BCUT2D eigenvalue weighted by Crippen LogP contribution is -2.14. The molecule has 2 rings (SSSR count). The first-order valence-electron chi connectivity index (χ1n) is 7.84. The van der Waals surface area contributed by atoms with Crippen molar-refractivity contribution in [2.24, 2.45) is 10.4 Å². The molecule has 0 aromatic heterocycles. The average Bonchev–Trinajstić information content (AvgIpc) is 2.50. The molecule has 0 fully saturated rings. The van der Waals surface area contributed by atoms with Gasteiger partial charge in [0.2, 0.25) is 0 Å². The molecule has 1 aliphatic heterocycles. The Kier molecular flexibility index (Phi) is 5.69. The first-order chi connectivity index (χ1) is 10.8. The second-order valence-corrected chi connectivity index (χ2v) is 7.59. The molecule has 1 aromatic rings. The summed E-state index contributed by atoms with van der Waals surface area (Å²) < 4.78 is 13.1. The van der Waals surface area contributed by atoms with E-state index in [1.54, 1.807) is 23.9 Å². The van der Waals surface area contributed by atoms with E-state index in [1.807, 2.05) is 13.8 Å². The van der Waals surface area contributed by atoms with Crippen molar-refractivity contribution in [3.8, 4) is 0 Å². The Morgan fingerprint density at radius 3 is 2.61 bits per heavy atom. The van der Waals surface area contributed by atoms with Gasteiger partial charge in [0.25, 0.3) is 0 Å². The number of thioether (sulfide) groups is 1. The first kappa shape index (κ1) is 17.8. The maximum Gasteiger partial charge on any atom is 0.123 e. The highest BCUT2D eigenvalue weighted by atomic mass is 32.2. The van der Waals surface area contributed by atoms with Crippen molar-refractivity contribution in [1.29, 1.82) is 0 Å². The van der Waals surface area contributed by atoms with Crippen LogP contribution in [0.3, 0.4) is 0 Å². The molecule has 0 amide bonds. The summed E-state index contributed by atoms with van der Waals surface area (Å²) in [6.07, 6.45) is 2.70. The van der Waals surface area contributed by atoms with Crippen LogP contribution in [0.2, 0.25) is 0 Å². The lowest BCUT2D eigenvalue weighted by Gasteiger charge is -2.23. The zero-order chi connectivity index (χ0) is 17.0. The molecule has 1 N–H and O–H groups in total. The highest BCUT2D eigenvalue weighted by Crippen LogP contribution is 2.33. The molecular weight excluding hydrogens is 309 g/mol. The molecule has 124 valence electrons. The number of halogens is 1. The second kappa shape index (κ2) is 7.35. The van der Waals surface area contributed by atoms with Crippen LogP contribution in [-0.4, -0.2) is 15.9 Å². The van der Waals surface area contributed by atoms with Crippen molar-refractivity contribution in [2.45, 2.75) is 40.0 Å².